The Bertz CT molecular complexity index is 2170. The van der Waals surface area contributed by atoms with Crippen LogP contribution in [0, 0.1) is 23.6 Å². The zero-order valence-electron chi connectivity index (χ0n) is 31.5. The maximum Gasteiger partial charge on any atom is 0.407 e. The van der Waals surface area contributed by atoms with E-state index in [1.54, 1.807) is 6.20 Å². The Morgan fingerprint density at radius 1 is 1.07 bits per heavy atom. The number of amides is 1. The fraction of sp³-hybridized carbons (Fsp3) is 0.625. The van der Waals surface area contributed by atoms with Crippen LogP contribution in [0.1, 0.15) is 76.2 Å². The molecule has 10 rings (SSSR count). The van der Waals surface area contributed by atoms with Gasteiger partial charge in [-0.05, 0) is 94.7 Å². The second kappa shape index (κ2) is 13.3. The molecule has 4 aliphatic heterocycles. The topological polar surface area (TPSA) is 140 Å². The van der Waals surface area contributed by atoms with Gasteiger partial charge < -0.3 is 29.2 Å². The molecule has 15 heteroatoms. The highest BCUT2D eigenvalue weighted by Gasteiger charge is 2.55. The molecule has 0 radical (unpaired) electrons. The SMILES string of the molecule is COc1nc(-c2c(Cl)c(C)cc3[nH]ncc23)c(F)c2nc(OCC34CCCC3N(C3CC5(CCOCC5)C3)CCC4)nc(N3CCCC4(CNC(=O)O4)C3)c12. The summed E-state index contributed by atoms with van der Waals surface area (Å²) in [7, 11) is 1.50. The van der Waals surface area contributed by atoms with E-state index in [9.17, 15) is 4.79 Å². The molecule has 1 aromatic carbocycles. The summed E-state index contributed by atoms with van der Waals surface area (Å²) >= 11 is 6.91. The number of carbonyl (C=O) groups is 1. The number of piperidine rings is 2. The molecule has 4 aromatic rings. The summed E-state index contributed by atoms with van der Waals surface area (Å²) in [5.41, 5.74) is 1.58. The van der Waals surface area contributed by atoms with Gasteiger partial charge in [0.25, 0.3) is 0 Å². The van der Waals surface area contributed by atoms with E-state index < -0.39 is 17.5 Å². The van der Waals surface area contributed by atoms with Gasteiger partial charge in [0, 0.05) is 48.2 Å². The molecule has 13 nitrogen and oxygen atoms in total. The number of nitrogens with zero attached hydrogens (tertiary/aromatic N) is 6. The summed E-state index contributed by atoms with van der Waals surface area (Å²) in [6.07, 6.45) is 13.1. The first-order valence-corrected chi connectivity index (χ1v) is 20.3. The molecule has 6 fully saturated rings. The quantitative estimate of drug-likeness (QED) is 0.207. The van der Waals surface area contributed by atoms with Crippen molar-refractivity contribution in [3.63, 3.8) is 0 Å². The minimum atomic E-state index is -0.735. The molecule has 292 valence electrons. The molecule has 0 bridgehead atoms. The standard InChI is InChI=1S/C40H48ClFN8O5/c1-23-16-26-25(19-44-48-26)28(30(23)41)32-31(42)33-29(35(45-32)52-2)34(49-12-5-9-40(21-49)20-43-37(51)55-40)47-36(46-33)54-22-39-7-3-6-27(39)50(13-4-8-39)24-17-38(18-24)10-14-53-15-11-38/h16,19,24,27H,3-15,17-18,20-22H2,1-2H3,(H,43,51)(H,44,48). The van der Waals surface area contributed by atoms with Gasteiger partial charge in [-0.2, -0.15) is 15.1 Å². The predicted molar refractivity (Wildman–Crippen MR) is 204 cm³/mol. The third-order valence-electron chi connectivity index (χ3n) is 13.9. The number of aryl methyl sites for hydroxylation is 1. The number of hydrogen-bond acceptors (Lipinski definition) is 11. The number of aromatic nitrogens is 5. The number of pyridine rings is 1. The molecule has 6 aliphatic rings. The summed E-state index contributed by atoms with van der Waals surface area (Å²) in [4.78, 5) is 31.7. The Kier molecular flexibility index (Phi) is 8.56. The number of halogens is 2. The zero-order valence-corrected chi connectivity index (χ0v) is 32.3. The number of methoxy groups -OCH3 is 1. The van der Waals surface area contributed by atoms with Crippen LogP contribution < -0.4 is 19.7 Å². The average Bonchev–Trinajstić information content (AvgIpc) is 3.93. The molecule has 7 heterocycles. The summed E-state index contributed by atoms with van der Waals surface area (Å²) in [6.45, 7) is 6.56. The highest BCUT2D eigenvalue weighted by molar-refractivity contribution is 6.35. The second-order valence-electron chi connectivity index (χ2n) is 17.1. The van der Waals surface area contributed by atoms with Gasteiger partial charge in [-0.25, -0.2) is 14.2 Å². The van der Waals surface area contributed by atoms with Crippen molar-refractivity contribution in [2.75, 3.05) is 58.0 Å². The van der Waals surface area contributed by atoms with E-state index in [1.165, 1.54) is 32.8 Å². The van der Waals surface area contributed by atoms with Crippen LogP contribution in [0.2, 0.25) is 5.02 Å². The van der Waals surface area contributed by atoms with Crippen molar-refractivity contribution in [1.29, 1.82) is 0 Å². The minimum Gasteiger partial charge on any atom is -0.480 e. The molecule has 3 atom stereocenters. The average molecular weight is 775 g/mol. The van der Waals surface area contributed by atoms with E-state index in [2.05, 4.69) is 20.4 Å². The third-order valence-corrected chi connectivity index (χ3v) is 14.4. The number of nitrogens with one attached hydrogen (secondary N) is 2. The van der Waals surface area contributed by atoms with Crippen LogP contribution in [-0.2, 0) is 9.47 Å². The number of likely N-dealkylation sites (tertiary alicyclic amines) is 1. The lowest BCUT2D eigenvalue weighted by atomic mass is 9.60. The Balaban J connectivity index is 1.04. The Hall–Kier alpha value is -4.01. The van der Waals surface area contributed by atoms with Crippen molar-refractivity contribution in [2.45, 2.75) is 95.2 Å². The van der Waals surface area contributed by atoms with Crippen molar-refractivity contribution in [1.82, 2.24) is 35.4 Å². The van der Waals surface area contributed by atoms with Crippen molar-refractivity contribution in [3.05, 3.63) is 28.7 Å². The molecule has 1 amide bonds. The van der Waals surface area contributed by atoms with Gasteiger partial charge in [0.2, 0.25) is 5.88 Å². The van der Waals surface area contributed by atoms with E-state index in [0.29, 0.717) is 82.9 Å². The molecule has 2 N–H and O–H groups in total. The number of hydrogen-bond donors (Lipinski definition) is 2. The van der Waals surface area contributed by atoms with Gasteiger partial charge in [-0.15, -0.1) is 0 Å². The number of rotatable bonds is 7. The van der Waals surface area contributed by atoms with Crippen LogP contribution in [-0.4, -0.2) is 107 Å². The second-order valence-corrected chi connectivity index (χ2v) is 17.5. The normalized spacial score (nSPS) is 28.1. The van der Waals surface area contributed by atoms with Crippen LogP contribution in [0.3, 0.4) is 0 Å². The lowest BCUT2D eigenvalue weighted by Gasteiger charge is -2.58. The van der Waals surface area contributed by atoms with Crippen LogP contribution >= 0.6 is 11.6 Å². The van der Waals surface area contributed by atoms with Crippen molar-refractivity contribution in [2.24, 2.45) is 10.8 Å². The first-order chi connectivity index (χ1) is 26.7. The van der Waals surface area contributed by atoms with E-state index in [1.807, 2.05) is 17.9 Å². The lowest BCUT2D eigenvalue weighted by Crippen LogP contribution is -2.61. The molecule has 3 aromatic heterocycles. The number of carbonyl (C=O) groups excluding carboxylic acids is 1. The molecular formula is C40H48ClFN8O5. The van der Waals surface area contributed by atoms with Gasteiger partial charge in [-0.1, -0.05) is 18.0 Å². The van der Waals surface area contributed by atoms with Gasteiger partial charge in [-0.3, -0.25) is 10.00 Å². The van der Waals surface area contributed by atoms with Gasteiger partial charge in [0.1, 0.15) is 28.0 Å². The summed E-state index contributed by atoms with van der Waals surface area (Å²) in [5.74, 6) is -0.0705. The maximum atomic E-state index is 17.4. The Labute approximate surface area is 324 Å². The van der Waals surface area contributed by atoms with E-state index in [0.717, 1.165) is 63.8 Å². The molecule has 3 unspecified atom stereocenters. The van der Waals surface area contributed by atoms with Gasteiger partial charge >= 0.3 is 12.1 Å². The third kappa shape index (κ3) is 5.79. The van der Waals surface area contributed by atoms with Crippen LogP contribution in [0.15, 0.2) is 12.3 Å². The fourth-order valence-corrected chi connectivity index (χ4v) is 11.4. The van der Waals surface area contributed by atoms with E-state index >= 15 is 4.39 Å². The smallest absolute Gasteiger partial charge is 0.407 e. The number of aromatic amines is 1. The number of fused-ring (bicyclic) bond motifs is 3. The molecule has 2 aliphatic carbocycles. The molecule has 4 saturated heterocycles. The lowest BCUT2D eigenvalue weighted by molar-refractivity contribution is -0.112. The molecule has 2 saturated carbocycles. The van der Waals surface area contributed by atoms with Crippen molar-refractivity contribution in [3.8, 4) is 23.1 Å². The van der Waals surface area contributed by atoms with Gasteiger partial charge in [0.15, 0.2) is 5.82 Å². The summed E-state index contributed by atoms with van der Waals surface area (Å²) in [5, 5.41) is 11.3. The molecule has 55 heavy (non-hydrogen) atoms. The number of H-pyrrole nitrogens is 1. The highest BCUT2D eigenvalue weighted by atomic mass is 35.5. The first kappa shape index (κ1) is 35.4. The predicted octanol–water partition coefficient (Wildman–Crippen LogP) is 6.73. The van der Waals surface area contributed by atoms with E-state index in [-0.39, 0.29) is 28.5 Å². The maximum absolute atomic E-state index is 17.4. The fourth-order valence-electron chi connectivity index (χ4n) is 11.1. The van der Waals surface area contributed by atoms with Crippen LogP contribution in [0.25, 0.3) is 33.1 Å². The van der Waals surface area contributed by atoms with Crippen molar-refractivity contribution >= 4 is 45.3 Å². The van der Waals surface area contributed by atoms with Crippen molar-refractivity contribution < 1.29 is 28.1 Å². The molecule has 2 spiro atoms. The summed E-state index contributed by atoms with van der Waals surface area (Å²) in [6, 6.07) is 3.03. The number of alkyl carbamates (subject to hydrolysis) is 1. The Morgan fingerprint density at radius 3 is 2.69 bits per heavy atom. The number of ether oxygens (including phenoxy) is 4. The van der Waals surface area contributed by atoms with Gasteiger partial charge in [0.05, 0.1) is 43.5 Å². The first-order valence-electron chi connectivity index (χ1n) is 20.0. The monoisotopic (exact) mass is 774 g/mol. The van der Waals surface area contributed by atoms with Crippen LogP contribution in [0.4, 0.5) is 15.0 Å². The van der Waals surface area contributed by atoms with E-state index in [4.69, 9.17) is 45.5 Å². The minimum absolute atomic E-state index is 0.00394. The highest BCUT2D eigenvalue weighted by Crippen LogP contribution is 2.56. The van der Waals surface area contributed by atoms with Crippen LogP contribution in [0.5, 0.6) is 11.9 Å². The largest absolute Gasteiger partial charge is 0.480 e. The zero-order chi connectivity index (χ0) is 37.5. The summed E-state index contributed by atoms with van der Waals surface area (Å²) < 4.78 is 41.5. The Morgan fingerprint density at radius 2 is 1.89 bits per heavy atom. The molecular weight excluding hydrogens is 727 g/mol. The number of benzene rings is 1. The number of anilines is 1.